The van der Waals surface area contributed by atoms with E-state index in [9.17, 15) is 19.5 Å². The number of fused-ring (bicyclic) bond motifs is 1. The minimum absolute atomic E-state index is 0.0228. The first kappa shape index (κ1) is 33.3. The Hall–Kier alpha value is -2.89. The van der Waals surface area contributed by atoms with E-state index in [1.807, 2.05) is 26.8 Å². The summed E-state index contributed by atoms with van der Waals surface area (Å²) in [6.45, 7) is 9.78. The van der Waals surface area contributed by atoms with Crippen LogP contribution in [0.4, 0.5) is 4.79 Å². The third kappa shape index (κ3) is 13.5. The molecule has 226 valence electrons. The van der Waals surface area contributed by atoms with Gasteiger partial charge in [0.1, 0.15) is 11.4 Å². The molecular formula is C29H46N2O9. The molecule has 0 aromatic heterocycles. The van der Waals surface area contributed by atoms with Gasteiger partial charge in [-0.25, -0.2) is 4.79 Å². The normalized spacial score (nSPS) is 15.3. The number of ether oxygens (including phenoxy) is 5. The minimum Gasteiger partial charge on any atom is -0.508 e. The number of phenols is 1. The number of alkyl carbamates (subject to hydrolysis) is 1. The van der Waals surface area contributed by atoms with Crippen molar-refractivity contribution in [3.8, 4) is 5.75 Å². The van der Waals surface area contributed by atoms with E-state index >= 15 is 0 Å². The van der Waals surface area contributed by atoms with Gasteiger partial charge >= 0.3 is 12.1 Å². The number of carbonyl (C=O) groups is 3. The number of nitrogens with zero attached hydrogens (tertiary/aromatic N) is 1. The number of rotatable bonds is 17. The number of nitrogens with one attached hydrogen (secondary N) is 1. The van der Waals surface area contributed by atoms with Crippen LogP contribution in [0.3, 0.4) is 0 Å². The number of carbonyl (C=O) groups excluding carboxylic acids is 3. The summed E-state index contributed by atoms with van der Waals surface area (Å²) >= 11 is 0. The van der Waals surface area contributed by atoms with Crippen LogP contribution < -0.4 is 5.32 Å². The molecule has 0 bridgehead atoms. The summed E-state index contributed by atoms with van der Waals surface area (Å²) in [5.74, 6) is -0.854. The lowest BCUT2D eigenvalue weighted by molar-refractivity contribution is -0.147. The fraction of sp³-hybridized carbons (Fsp3) is 0.690. The second kappa shape index (κ2) is 17.7. The van der Waals surface area contributed by atoms with Gasteiger partial charge in [0.15, 0.2) is 0 Å². The quantitative estimate of drug-likeness (QED) is 0.215. The van der Waals surface area contributed by atoms with Crippen LogP contribution in [-0.2, 0) is 46.2 Å². The van der Waals surface area contributed by atoms with E-state index in [1.54, 1.807) is 17.0 Å². The number of amides is 2. The van der Waals surface area contributed by atoms with Crippen LogP contribution in [0.2, 0.25) is 0 Å². The van der Waals surface area contributed by atoms with Gasteiger partial charge in [-0.05, 0) is 69.7 Å². The Morgan fingerprint density at radius 1 is 0.975 bits per heavy atom. The molecule has 0 saturated carbocycles. The predicted molar refractivity (Wildman–Crippen MR) is 148 cm³/mol. The first-order chi connectivity index (χ1) is 19.1. The monoisotopic (exact) mass is 566 g/mol. The van der Waals surface area contributed by atoms with Crippen molar-refractivity contribution in [2.24, 2.45) is 5.92 Å². The Bertz CT molecular complexity index is 933. The molecule has 1 unspecified atom stereocenters. The number of phenolic OH excluding ortho intramolecular Hbond substituents is 1. The van der Waals surface area contributed by atoms with Crippen LogP contribution in [-0.4, -0.2) is 93.4 Å². The molecule has 11 heteroatoms. The zero-order valence-electron chi connectivity index (χ0n) is 24.4. The second-order valence-electron chi connectivity index (χ2n) is 10.7. The molecule has 2 amide bonds. The summed E-state index contributed by atoms with van der Waals surface area (Å²) in [6, 6.07) is 5.09. The highest BCUT2D eigenvalue weighted by Crippen LogP contribution is 2.28. The fourth-order valence-corrected chi connectivity index (χ4v) is 4.22. The van der Waals surface area contributed by atoms with Crippen molar-refractivity contribution >= 4 is 18.0 Å². The molecular weight excluding hydrogens is 520 g/mol. The maximum atomic E-state index is 13.1. The minimum atomic E-state index is -0.497. The van der Waals surface area contributed by atoms with Gasteiger partial charge < -0.3 is 39.0 Å². The molecule has 40 heavy (non-hydrogen) atoms. The van der Waals surface area contributed by atoms with E-state index in [2.05, 4.69) is 5.32 Å². The summed E-state index contributed by atoms with van der Waals surface area (Å²) in [7, 11) is 1.32. The Kier molecular flexibility index (Phi) is 14.8. The van der Waals surface area contributed by atoms with Gasteiger partial charge in [-0.1, -0.05) is 6.07 Å². The molecule has 2 N–H and O–H groups in total. The van der Waals surface area contributed by atoms with Crippen LogP contribution in [0.1, 0.15) is 57.6 Å². The summed E-state index contributed by atoms with van der Waals surface area (Å²) in [6.07, 6.45) is 2.32. The third-order valence-corrected chi connectivity index (χ3v) is 6.16. The predicted octanol–water partition coefficient (Wildman–Crippen LogP) is 3.20. The van der Waals surface area contributed by atoms with Gasteiger partial charge in [-0.3, -0.25) is 9.59 Å². The summed E-state index contributed by atoms with van der Waals surface area (Å²) in [4.78, 5) is 38.3. The van der Waals surface area contributed by atoms with Crippen molar-refractivity contribution in [2.45, 2.75) is 65.0 Å². The lowest BCUT2D eigenvalue weighted by Gasteiger charge is -2.24. The molecule has 0 saturated heterocycles. The zero-order chi connectivity index (χ0) is 29.4. The van der Waals surface area contributed by atoms with Crippen LogP contribution in [0.25, 0.3) is 0 Å². The van der Waals surface area contributed by atoms with Crippen molar-refractivity contribution < 1.29 is 43.2 Å². The molecule has 2 rings (SSSR count). The molecule has 1 aromatic rings. The van der Waals surface area contributed by atoms with Gasteiger partial charge in [0.2, 0.25) is 5.91 Å². The summed E-state index contributed by atoms with van der Waals surface area (Å²) < 4.78 is 26.7. The maximum Gasteiger partial charge on any atom is 0.407 e. The molecule has 1 aliphatic rings. The van der Waals surface area contributed by atoms with Gasteiger partial charge in [-0.2, -0.15) is 0 Å². The van der Waals surface area contributed by atoms with Gasteiger partial charge in [-0.15, -0.1) is 0 Å². The van der Waals surface area contributed by atoms with E-state index in [-0.39, 0.29) is 18.1 Å². The number of hydrogen-bond acceptors (Lipinski definition) is 9. The largest absolute Gasteiger partial charge is 0.508 e. The van der Waals surface area contributed by atoms with Crippen molar-refractivity contribution in [3.63, 3.8) is 0 Å². The van der Waals surface area contributed by atoms with E-state index in [1.165, 1.54) is 7.11 Å². The molecule has 1 aliphatic heterocycles. The van der Waals surface area contributed by atoms with E-state index in [0.29, 0.717) is 72.1 Å². The second-order valence-corrected chi connectivity index (χ2v) is 10.7. The number of unbranched alkanes of at least 4 members (excludes halogenated alkanes) is 1. The van der Waals surface area contributed by atoms with Crippen LogP contribution in [0, 0.1) is 5.92 Å². The standard InChI is InChI=1S/C29H46N2O9/c1-29(2,3)40-28(35)30-10-5-6-12-37-14-16-39-17-15-38-13-7-11-31-21-24-19-25(32)9-8-22(24)18-23(27(31)34)20-26(33)36-4/h8-9,19,23,32H,5-7,10-18,20-21H2,1-4H3,(H,30,35). The average Bonchev–Trinajstić information content (AvgIpc) is 3.01. The van der Waals surface area contributed by atoms with Crippen LogP contribution >= 0.6 is 0 Å². The first-order valence-electron chi connectivity index (χ1n) is 14.0. The number of aromatic hydroxyl groups is 1. The maximum absolute atomic E-state index is 13.1. The SMILES string of the molecule is COC(=O)CC1Cc2ccc(O)cc2CN(CCCOCCOCCOCCCCNC(=O)OC(C)(C)C)C1=O. The van der Waals surface area contributed by atoms with E-state index in [4.69, 9.17) is 23.7 Å². The Balaban J connectivity index is 1.53. The number of hydrogen-bond donors (Lipinski definition) is 2. The smallest absolute Gasteiger partial charge is 0.407 e. The highest BCUT2D eigenvalue weighted by atomic mass is 16.6. The fourth-order valence-electron chi connectivity index (χ4n) is 4.22. The number of esters is 1. The molecule has 1 aromatic carbocycles. The van der Waals surface area contributed by atoms with E-state index < -0.39 is 23.6 Å². The van der Waals surface area contributed by atoms with Crippen LogP contribution in [0.15, 0.2) is 18.2 Å². The number of benzene rings is 1. The number of methoxy groups -OCH3 is 1. The zero-order valence-corrected chi connectivity index (χ0v) is 24.4. The third-order valence-electron chi connectivity index (χ3n) is 6.16. The van der Waals surface area contributed by atoms with Gasteiger partial charge in [0, 0.05) is 32.8 Å². The van der Waals surface area contributed by atoms with Crippen molar-refractivity contribution in [2.75, 3.05) is 59.8 Å². The van der Waals surface area contributed by atoms with Crippen molar-refractivity contribution in [1.82, 2.24) is 10.2 Å². The molecule has 0 aliphatic carbocycles. The molecule has 0 spiro atoms. The molecule has 1 atom stereocenters. The van der Waals surface area contributed by atoms with Crippen molar-refractivity contribution in [1.29, 1.82) is 0 Å². The lowest BCUT2D eigenvalue weighted by Crippen LogP contribution is -2.36. The molecule has 1 heterocycles. The van der Waals surface area contributed by atoms with E-state index in [0.717, 1.165) is 24.0 Å². The molecule has 11 nitrogen and oxygen atoms in total. The van der Waals surface area contributed by atoms with Crippen molar-refractivity contribution in [3.05, 3.63) is 29.3 Å². The summed E-state index contributed by atoms with van der Waals surface area (Å²) in [5.41, 5.74) is 1.34. The highest BCUT2D eigenvalue weighted by Gasteiger charge is 2.31. The lowest BCUT2D eigenvalue weighted by atomic mass is 9.94. The van der Waals surface area contributed by atoms with Gasteiger partial charge in [0.25, 0.3) is 0 Å². The molecule has 0 fully saturated rings. The first-order valence-corrected chi connectivity index (χ1v) is 14.0. The topological polar surface area (TPSA) is 133 Å². The molecule has 0 radical (unpaired) electrons. The Morgan fingerprint density at radius 2 is 1.62 bits per heavy atom. The Labute approximate surface area is 237 Å². The van der Waals surface area contributed by atoms with Crippen LogP contribution in [0.5, 0.6) is 5.75 Å². The van der Waals surface area contributed by atoms with Gasteiger partial charge in [0.05, 0.1) is 45.9 Å². The summed E-state index contributed by atoms with van der Waals surface area (Å²) in [5, 5.41) is 12.6. The average molecular weight is 567 g/mol. The highest BCUT2D eigenvalue weighted by molar-refractivity contribution is 5.84. The Morgan fingerprint density at radius 3 is 2.27 bits per heavy atom.